The fraction of sp³-hybridized carbons (Fsp3) is 0.870. The Kier molecular flexibility index (Phi) is 47.8. The Hall–Kier alpha value is -2.11. The molecule has 0 aliphatic heterocycles. The summed E-state index contributed by atoms with van der Waals surface area (Å²) in [4.78, 5) is 37.9. The summed E-state index contributed by atoms with van der Waals surface area (Å²) in [6.45, 7) is 6.63. The SMILES string of the molecule is CCCCC/C=C\C/C=C\CCCCCCCCCC(=O)OCC(COC(=O)CCCCCCCCCCCC)OC(=O)CCCCCCCCCCCCCCCCC. The van der Waals surface area contributed by atoms with E-state index in [4.69, 9.17) is 14.2 Å². The maximum atomic E-state index is 12.8. The second-order valence-electron chi connectivity index (χ2n) is 17.8. The van der Waals surface area contributed by atoms with Gasteiger partial charge in [-0.05, 0) is 51.4 Å². The Bertz CT molecular complexity index is 973. The van der Waals surface area contributed by atoms with Crippen LogP contribution in [0.1, 0.15) is 284 Å². The lowest BCUT2D eigenvalue weighted by Gasteiger charge is -2.18. The lowest BCUT2D eigenvalue weighted by molar-refractivity contribution is -0.167. The first-order valence-corrected chi connectivity index (χ1v) is 26.3. The zero-order chi connectivity index (χ0) is 43.7. The van der Waals surface area contributed by atoms with E-state index in [0.29, 0.717) is 19.3 Å². The van der Waals surface area contributed by atoms with Crippen molar-refractivity contribution in [3.05, 3.63) is 24.3 Å². The number of ether oxygens (including phenoxy) is 3. The summed E-state index contributed by atoms with van der Waals surface area (Å²) in [5.74, 6) is -0.864. The molecule has 0 aromatic rings. The number of carbonyl (C=O) groups is 3. The molecule has 0 amide bonds. The van der Waals surface area contributed by atoms with Crippen LogP contribution in [0.25, 0.3) is 0 Å². The second-order valence-corrected chi connectivity index (χ2v) is 17.8. The first kappa shape index (κ1) is 57.9. The molecule has 0 aliphatic carbocycles. The topological polar surface area (TPSA) is 78.9 Å². The van der Waals surface area contributed by atoms with E-state index in [2.05, 4.69) is 45.1 Å². The highest BCUT2D eigenvalue weighted by atomic mass is 16.6. The van der Waals surface area contributed by atoms with E-state index < -0.39 is 6.10 Å². The van der Waals surface area contributed by atoms with Crippen molar-refractivity contribution in [2.75, 3.05) is 13.2 Å². The van der Waals surface area contributed by atoms with E-state index in [1.54, 1.807) is 0 Å². The average molecular weight is 845 g/mol. The lowest BCUT2D eigenvalue weighted by Crippen LogP contribution is -2.30. The van der Waals surface area contributed by atoms with E-state index in [1.807, 2.05) is 0 Å². The van der Waals surface area contributed by atoms with Crippen LogP contribution in [-0.4, -0.2) is 37.2 Å². The third-order valence-electron chi connectivity index (χ3n) is 11.7. The number of allylic oxidation sites excluding steroid dienone is 4. The molecule has 6 heteroatoms. The molecule has 0 radical (unpaired) electrons. The molecule has 0 aromatic heterocycles. The summed E-state index contributed by atoms with van der Waals surface area (Å²) in [7, 11) is 0. The molecule has 0 heterocycles. The standard InChI is InChI=1S/C54H100O6/c1-4-7-10-13-16-19-22-24-26-27-29-30-32-35-38-41-44-47-53(56)59-50-51(49-58-52(55)46-43-40-37-34-21-18-15-12-9-6-3)60-54(57)48-45-42-39-36-33-31-28-25-23-20-17-14-11-8-5-2/h16,19,24,26,51H,4-15,17-18,20-23,25,27-50H2,1-3H3/b19-16-,26-24-. The van der Waals surface area contributed by atoms with E-state index in [9.17, 15) is 14.4 Å². The number of rotatable bonds is 48. The molecule has 0 saturated carbocycles. The number of unbranched alkanes of at least 4 members (excludes halogenated alkanes) is 33. The van der Waals surface area contributed by atoms with Crippen LogP contribution in [0.5, 0.6) is 0 Å². The molecule has 0 spiro atoms. The van der Waals surface area contributed by atoms with Crippen molar-refractivity contribution in [2.24, 2.45) is 0 Å². The van der Waals surface area contributed by atoms with E-state index in [1.165, 1.54) is 173 Å². The van der Waals surface area contributed by atoms with Gasteiger partial charge in [0.25, 0.3) is 0 Å². The molecule has 60 heavy (non-hydrogen) atoms. The Morgan fingerprint density at radius 2 is 0.600 bits per heavy atom. The second kappa shape index (κ2) is 49.5. The molecular formula is C54H100O6. The van der Waals surface area contributed by atoms with Gasteiger partial charge < -0.3 is 14.2 Å². The summed E-state index contributed by atoms with van der Waals surface area (Å²) in [6.07, 6.45) is 55.9. The van der Waals surface area contributed by atoms with Crippen LogP contribution in [0.3, 0.4) is 0 Å². The van der Waals surface area contributed by atoms with Gasteiger partial charge >= 0.3 is 17.9 Å². The van der Waals surface area contributed by atoms with Crippen LogP contribution < -0.4 is 0 Å². The fourth-order valence-corrected chi connectivity index (χ4v) is 7.71. The molecule has 1 unspecified atom stereocenters. The van der Waals surface area contributed by atoms with E-state index in [0.717, 1.165) is 70.6 Å². The third kappa shape index (κ3) is 46.9. The highest BCUT2D eigenvalue weighted by Gasteiger charge is 2.19. The van der Waals surface area contributed by atoms with Gasteiger partial charge in [0.05, 0.1) is 0 Å². The van der Waals surface area contributed by atoms with Gasteiger partial charge in [-0.2, -0.15) is 0 Å². The predicted octanol–water partition coefficient (Wildman–Crippen LogP) is 17.2. The van der Waals surface area contributed by atoms with Gasteiger partial charge in [0.2, 0.25) is 0 Å². The quantitative estimate of drug-likeness (QED) is 0.0263. The Morgan fingerprint density at radius 1 is 0.333 bits per heavy atom. The minimum atomic E-state index is -0.767. The maximum absolute atomic E-state index is 12.8. The first-order chi connectivity index (χ1) is 29.5. The number of esters is 3. The number of hydrogen-bond donors (Lipinski definition) is 0. The van der Waals surface area contributed by atoms with Crippen molar-refractivity contribution in [3.8, 4) is 0 Å². The molecule has 0 N–H and O–H groups in total. The highest BCUT2D eigenvalue weighted by Crippen LogP contribution is 2.16. The fourth-order valence-electron chi connectivity index (χ4n) is 7.71. The third-order valence-corrected chi connectivity index (χ3v) is 11.7. The van der Waals surface area contributed by atoms with Crippen molar-refractivity contribution in [2.45, 2.75) is 290 Å². The van der Waals surface area contributed by atoms with Crippen LogP contribution in [0.2, 0.25) is 0 Å². The lowest BCUT2D eigenvalue weighted by atomic mass is 10.0. The summed E-state index contributed by atoms with van der Waals surface area (Å²) in [6, 6.07) is 0. The van der Waals surface area contributed by atoms with Gasteiger partial charge in [0.1, 0.15) is 13.2 Å². The minimum absolute atomic E-state index is 0.0690. The summed E-state index contributed by atoms with van der Waals surface area (Å²) in [5, 5.41) is 0. The number of hydrogen-bond acceptors (Lipinski definition) is 6. The van der Waals surface area contributed by atoms with Gasteiger partial charge in [-0.25, -0.2) is 0 Å². The van der Waals surface area contributed by atoms with Crippen molar-refractivity contribution in [1.29, 1.82) is 0 Å². The molecule has 0 aromatic carbocycles. The molecule has 1 atom stereocenters. The van der Waals surface area contributed by atoms with Crippen LogP contribution in [0.15, 0.2) is 24.3 Å². The maximum Gasteiger partial charge on any atom is 0.306 e. The normalized spacial score (nSPS) is 12.1. The van der Waals surface area contributed by atoms with Gasteiger partial charge in [0.15, 0.2) is 6.10 Å². The summed E-state index contributed by atoms with van der Waals surface area (Å²) in [5.41, 5.74) is 0. The van der Waals surface area contributed by atoms with Crippen LogP contribution in [0.4, 0.5) is 0 Å². The van der Waals surface area contributed by atoms with Crippen LogP contribution >= 0.6 is 0 Å². The molecule has 0 saturated heterocycles. The van der Waals surface area contributed by atoms with Crippen molar-refractivity contribution in [3.63, 3.8) is 0 Å². The average Bonchev–Trinajstić information content (AvgIpc) is 3.24. The van der Waals surface area contributed by atoms with Gasteiger partial charge in [-0.15, -0.1) is 0 Å². The van der Waals surface area contributed by atoms with Crippen molar-refractivity contribution < 1.29 is 28.6 Å². The van der Waals surface area contributed by atoms with Crippen molar-refractivity contribution >= 4 is 17.9 Å². The molecule has 0 rings (SSSR count). The molecule has 0 aliphatic rings. The zero-order valence-electron chi connectivity index (χ0n) is 40.2. The Labute approximate surface area is 373 Å². The molecule has 6 nitrogen and oxygen atoms in total. The first-order valence-electron chi connectivity index (χ1n) is 26.3. The Morgan fingerprint density at radius 3 is 0.950 bits per heavy atom. The van der Waals surface area contributed by atoms with E-state index >= 15 is 0 Å². The van der Waals surface area contributed by atoms with Crippen LogP contribution in [0, 0.1) is 0 Å². The van der Waals surface area contributed by atoms with Crippen LogP contribution in [-0.2, 0) is 28.6 Å². The minimum Gasteiger partial charge on any atom is -0.462 e. The predicted molar refractivity (Wildman–Crippen MR) is 256 cm³/mol. The Balaban J connectivity index is 4.31. The largest absolute Gasteiger partial charge is 0.462 e. The van der Waals surface area contributed by atoms with Gasteiger partial charge in [-0.1, -0.05) is 238 Å². The number of carbonyl (C=O) groups excluding carboxylic acids is 3. The molecule has 0 fully saturated rings. The van der Waals surface area contributed by atoms with E-state index in [-0.39, 0.29) is 31.1 Å². The van der Waals surface area contributed by atoms with Gasteiger partial charge in [-0.3, -0.25) is 14.4 Å². The van der Waals surface area contributed by atoms with Gasteiger partial charge in [0, 0.05) is 19.3 Å². The highest BCUT2D eigenvalue weighted by molar-refractivity contribution is 5.71. The summed E-state index contributed by atoms with van der Waals surface area (Å²) >= 11 is 0. The molecule has 352 valence electrons. The van der Waals surface area contributed by atoms with Crippen molar-refractivity contribution in [1.82, 2.24) is 0 Å². The molecular weight excluding hydrogens is 745 g/mol. The summed E-state index contributed by atoms with van der Waals surface area (Å²) < 4.78 is 16.8. The zero-order valence-corrected chi connectivity index (χ0v) is 40.2. The monoisotopic (exact) mass is 845 g/mol. The smallest absolute Gasteiger partial charge is 0.306 e. The molecule has 0 bridgehead atoms.